The maximum absolute atomic E-state index is 15.5. The number of imide groups is 2. The Kier molecular flexibility index (Phi) is 10.7. The quantitative estimate of drug-likeness (QED) is 0.295. The highest BCUT2D eigenvalue weighted by Crippen LogP contribution is 2.43. The first-order chi connectivity index (χ1) is 29.0. The minimum absolute atomic E-state index is 0.00993. The molecule has 15 nitrogen and oxygen atoms in total. The van der Waals surface area contributed by atoms with Crippen molar-refractivity contribution < 1.29 is 33.1 Å². The molecule has 312 valence electrons. The second-order valence-corrected chi connectivity index (χ2v) is 17.6. The van der Waals surface area contributed by atoms with Crippen molar-refractivity contribution in [3.05, 3.63) is 75.9 Å². The maximum atomic E-state index is 15.5. The Bertz CT molecular complexity index is 2280. The summed E-state index contributed by atoms with van der Waals surface area (Å²) in [4.78, 5) is 80.2. The van der Waals surface area contributed by atoms with Gasteiger partial charge in [-0.15, -0.1) is 0 Å². The molecule has 0 radical (unpaired) electrons. The Morgan fingerprint density at radius 2 is 1.68 bits per heavy atom. The molecule has 5 amide bonds. The molecule has 1 spiro atoms. The summed E-state index contributed by atoms with van der Waals surface area (Å²) in [6.45, 7) is 5.78. The van der Waals surface area contributed by atoms with Crippen molar-refractivity contribution in [2.24, 2.45) is 11.3 Å². The fraction of sp³-hybridized carbons (Fsp3) is 0.488. The first-order valence-electron chi connectivity index (χ1n) is 20.7. The van der Waals surface area contributed by atoms with Crippen molar-refractivity contribution in [1.82, 2.24) is 30.4 Å². The number of carbonyl (C=O) groups is 5. The summed E-state index contributed by atoms with van der Waals surface area (Å²) in [5, 5.41) is 14.7. The Labute approximate surface area is 351 Å². The number of fused-ring (bicyclic) bond motifs is 1. The molecular weight excluding hydrogens is 793 g/mol. The molecule has 1 saturated carbocycles. The lowest BCUT2D eigenvalue weighted by atomic mass is 9.78. The molecule has 17 heteroatoms. The van der Waals surface area contributed by atoms with Crippen LogP contribution in [0.25, 0.3) is 0 Å². The van der Waals surface area contributed by atoms with Crippen molar-refractivity contribution in [2.75, 3.05) is 55.6 Å². The van der Waals surface area contributed by atoms with E-state index in [0.29, 0.717) is 35.3 Å². The average molecular weight is 838 g/mol. The highest BCUT2D eigenvalue weighted by atomic mass is 35.5. The molecule has 1 aliphatic carbocycles. The predicted molar refractivity (Wildman–Crippen MR) is 216 cm³/mol. The van der Waals surface area contributed by atoms with Gasteiger partial charge in [0.25, 0.3) is 17.7 Å². The van der Waals surface area contributed by atoms with Gasteiger partial charge in [-0.25, -0.2) is 14.4 Å². The number of ether oxygens (including phenoxy) is 1. The normalized spacial score (nSPS) is 24.3. The van der Waals surface area contributed by atoms with E-state index in [2.05, 4.69) is 30.4 Å². The van der Waals surface area contributed by atoms with Crippen LogP contribution in [-0.4, -0.2) is 113 Å². The van der Waals surface area contributed by atoms with Crippen LogP contribution in [0.15, 0.2) is 42.7 Å². The number of piperidine rings is 2. The van der Waals surface area contributed by atoms with Crippen LogP contribution in [0, 0.1) is 28.5 Å². The summed E-state index contributed by atoms with van der Waals surface area (Å²) in [6, 6.07) is 8.60. The molecule has 1 unspecified atom stereocenters. The second-order valence-electron chi connectivity index (χ2n) is 17.1. The Morgan fingerprint density at radius 1 is 0.933 bits per heavy atom. The molecule has 6 heterocycles. The van der Waals surface area contributed by atoms with Gasteiger partial charge in [0, 0.05) is 69.8 Å². The van der Waals surface area contributed by atoms with Gasteiger partial charge in [-0.3, -0.25) is 34.2 Å². The van der Waals surface area contributed by atoms with Gasteiger partial charge in [-0.1, -0.05) is 11.6 Å². The van der Waals surface area contributed by atoms with E-state index in [9.17, 15) is 24.0 Å². The van der Waals surface area contributed by atoms with E-state index in [0.717, 1.165) is 94.5 Å². The van der Waals surface area contributed by atoms with E-state index in [1.807, 2.05) is 11.0 Å². The van der Waals surface area contributed by atoms with Crippen molar-refractivity contribution in [1.29, 1.82) is 5.26 Å². The summed E-state index contributed by atoms with van der Waals surface area (Å²) in [5.41, 5.74) is 1.05. The van der Waals surface area contributed by atoms with Crippen molar-refractivity contribution in [2.45, 2.75) is 76.0 Å². The third kappa shape index (κ3) is 7.76. The predicted octanol–water partition coefficient (Wildman–Crippen LogP) is 4.09. The minimum Gasteiger partial charge on any atom is -0.490 e. The van der Waals surface area contributed by atoms with Gasteiger partial charge in [0.1, 0.15) is 35.2 Å². The summed E-state index contributed by atoms with van der Waals surface area (Å²) in [5.74, 6) is -1.40. The zero-order chi connectivity index (χ0) is 41.7. The average Bonchev–Trinajstić information content (AvgIpc) is 3.77. The summed E-state index contributed by atoms with van der Waals surface area (Å²) < 4.78 is 21.6. The smallest absolute Gasteiger partial charge is 0.271 e. The lowest BCUT2D eigenvalue weighted by molar-refractivity contribution is -0.136. The standard InChI is InChI=1S/C43H45ClFN9O6/c44-32-15-29(4-1-26(32)18-46)60-28-5-2-27(3-6-28)49-39(56)34-19-48-37(20-47-34)52-12-9-25(10-13-52)21-51-22-43(23-51)11-14-53(24-43)36-17-31-30(16-33(36)45)41(58)54(42(31)59)35-7-8-38(55)50-40(35)57/h1,4,15-17,19-20,25,27-28,35H,2-3,5-14,21-24H2,(H,49,56)(H,50,55,57)/t27-,28-,35?. The van der Waals surface area contributed by atoms with Crippen LogP contribution in [-0.2, 0) is 9.59 Å². The fourth-order valence-electron chi connectivity index (χ4n) is 9.90. The van der Waals surface area contributed by atoms with Crippen molar-refractivity contribution >= 4 is 52.6 Å². The van der Waals surface area contributed by atoms with Crippen LogP contribution in [0.4, 0.5) is 15.9 Å². The van der Waals surface area contributed by atoms with E-state index in [1.54, 1.807) is 30.6 Å². The first-order valence-corrected chi connectivity index (χ1v) is 21.1. The third-order valence-corrected chi connectivity index (χ3v) is 13.4. The van der Waals surface area contributed by atoms with E-state index in [-0.39, 0.29) is 58.8 Å². The monoisotopic (exact) mass is 837 g/mol. The van der Waals surface area contributed by atoms with Crippen LogP contribution in [0.1, 0.15) is 94.6 Å². The highest BCUT2D eigenvalue weighted by molar-refractivity contribution is 6.31. The van der Waals surface area contributed by atoms with E-state index >= 15 is 4.39 Å². The number of amides is 5. The molecule has 1 atom stereocenters. The molecule has 2 aromatic carbocycles. The van der Waals surface area contributed by atoms with Crippen LogP contribution in [0.3, 0.4) is 0 Å². The number of hydrogen-bond acceptors (Lipinski definition) is 12. The SMILES string of the molecule is N#Cc1ccc(O[C@H]2CC[C@H](NC(=O)c3cnc(N4CCC(CN5CC6(CCN(c7cc8c(cc7F)C(=O)N(C7CCC(=O)NC7=O)C8=O)C6)C5)CC4)cn3)CC2)cc1Cl. The maximum Gasteiger partial charge on any atom is 0.271 e. The van der Waals surface area contributed by atoms with E-state index < -0.39 is 35.5 Å². The van der Waals surface area contributed by atoms with Gasteiger partial charge >= 0.3 is 0 Å². The van der Waals surface area contributed by atoms with Crippen LogP contribution < -0.4 is 25.2 Å². The van der Waals surface area contributed by atoms with Gasteiger partial charge in [-0.05, 0) is 81.5 Å². The van der Waals surface area contributed by atoms with Gasteiger partial charge in [0.15, 0.2) is 0 Å². The number of carbonyl (C=O) groups excluding carboxylic acids is 5. The van der Waals surface area contributed by atoms with Gasteiger partial charge < -0.3 is 24.8 Å². The van der Waals surface area contributed by atoms with E-state index in [1.165, 1.54) is 6.07 Å². The molecular formula is C43H45ClFN9O6. The van der Waals surface area contributed by atoms with Crippen molar-refractivity contribution in [3.63, 3.8) is 0 Å². The zero-order valence-electron chi connectivity index (χ0n) is 33.0. The van der Waals surface area contributed by atoms with Crippen molar-refractivity contribution in [3.8, 4) is 11.8 Å². The highest BCUT2D eigenvalue weighted by Gasteiger charge is 2.50. The minimum atomic E-state index is -1.10. The number of nitrogens with one attached hydrogen (secondary N) is 2. The largest absolute Gasteiger partial charge is 0.490 e. The number of rotatable bonds is 9. The number of benzene rings is 2. The van der Waals surface area contributed by atoms with Gasteiger partial charge in [0.05, 0.1) is 45.9 Å². The number of nitriles is 1. The molecule has 5 aliphatic heterocycles. The zero-order valence-corrected chi connectivity index (χ0v) is 33.8. The fourth-order valence-corrected chi connectivity index (χ4v) is 10.1. The van der Waals surface area contributed by atoms with E-state index in [4.69, 9.17) is 21.6 Å². The van der Waals surface area contributed by atoms with Crippen LogP contribution in [0.5, 0.6) is 5.75 Å². The molecule has 60 heavy (non-hydrogen) atoms. The number of likely N-dealkylation sites (tertiary alicyclic amines) is 1. The van der Waals surface area contributed by atoms with Crippen LogP contribution >= 0.6 is 11.6 Å². The molecule has 0 bridgehead atoms. The molecule has 5 fully saturated rings. The third-order valence-electron chi connectivity index (χ3n) is 13.1. The Balaban J connectivity index is 0.705. The molecule has 4 saturated heterocycles. The lowest BCUT2D eigenvalue weighted by Crippen LogP contribution is -2.59. The van der Waals surface area contributed by atoms with Crippen LogP contribution in [0.2, 0.25) is 5.02 Å². The Morgan fingerprint density at radius 3 is 2.37 bits per heavy atom. The Hall–Kier alpha value is -5.66. The number of anilines is 2. The van der Waals surface area contributed by atoms with Gasteiger partial charge in [-0.2, -0.15) is 5.26 Å². The first kappa shape index (κ1) is 39.8. The molecule has 1 aromatic heterocycles. The topological polar surface area (TPSA) is 181 Å². The number of aromatic nitrogens is 2. The summed E-state index contributed by atoms with van der Waals surface area (Å²) >= 11 is 6.14. The lowest BCUT2D eigenvalue weighted by Gasteiger charge is -2.50. The molecule has 3 aromatic rings. The summed E-state index contributed by atoms with van der Waals surface area (Å²) in [6.07, 6.45) is 9.32. The summed E-state index contributed by atoms with van der Waals surface area (Å²) in [7, 11) is 0. The number of hydrogen-bond donors (Lipinski definition) is 2. The van der Waals surface area contributed by atoms with Gasteiger partial charge in [0.2, 0.25) is 11.8 Å². The molecule has 6 aliphatic rings. The number of nitrogens with zero attached hydrogens (tertiary/aromatic N) is 7. The molecule has 9 rings (SSSR count). The second kappa shape index (κ2) is 16.1. The number of halogens is 2. The molecule has 2 N–H and O–H groups in total.